The second-order valence-corrected chi connectivity index (χ2v) is 3.85. The van der Waals surface area contributed by atoms with Gasteiger partial charge in [-0.25, -0.2) is 9.78 Å². The number of fused-ring (bicyclic) bond motifs is 1. The zero-order valence-electron chi connectivity index (χ0n) is 10.2. The molecule has 0 aliphatic heterocycles. The van der Waals surface area contributed by atoms with Gasteiger partial charge in [0.05, 0.1) is 22.2 Å². The summed E-state index contributed by atoms with van der Waals surface area (Å²) in [6.07, 6.45) is 0. The molecule has 0 aliphatic rings. The molecule has 0 amide bonds. The third kappa shape index (κ3) is 1.88. The summed E-state index contributed by atoms with van der Waals surface area (Å²) in [7, 11) is 0. The van der Waals surface area contributed by atoms with Crippen molar-refractivity contribution in [2.24, 2.45) is 0 Å². The number of carbonyl (C=O) groups is 1. The van der Waals surface area contributed by atoms with Crippen molar-refractivity contribution in [1.29, 1.82) is 21.0 Å². The molecule has 0 saturated carbocycles. The third-order valence-corrected chi connectivity index (χ3v) is 2.81. The Labute approximate surface area is 118 Å². The standard InChI is InChI=1S/C14H3N5O2/c15-3-7-1-2-11-12(8(7)4-16)9(5-17)10(6-18)13(19-11)14(20)21/h1-2H,(H,20,21). The quantitative estimate of drug-likeness (QED) is 0.826. The molecule has 0 unspecified atom stereocenters. The van der Waals surface area contributed by atoms with Gasteiger partial charge < -0.3 is 5.11 Å². The molecule has 0 radical (unpaired) electrons. The molecule has 7 heteroatoms. The molecule has 1 aromatic heterocycles. The first-order chi connectivity index (χ1) is 10.1. The van der Waals surface area contributed by atoms with Crippen LogP contribution in [-0.4, -0.2) is 16.1 Å². The molecule has 1 N–H and O–H groups in total. The first-order valence-corrected chi connectivity index (χ1v) is 5.43. The Morgan fingerprint density at radius 3 is 2.05 bits per heavy atom. The molecule has 0 fully saturated rings. The smallest absolute Gasteiger partial charge is 0.355 e. The highest BCUT2D eigenvalue weighted by molar-refractivity contribution is 5.99. The number of aromatic nitrogens is 1. The summed E-state index contributed by atoms with van der Waals surface area (Å²) in [5.74, 6) is -1.45. The van der Waals surface area contributed by atoms with Crippen LogP contribution < -0.4 is 0 Å². The summed E-state index contributed by atoms with van der Waals surface area (Å²) in [6, 6.07) is 9.59. The molecule has 7 nitrogen and oxygen atoms in total. The molecule has 0 aliphatic carbocycles. The SMILES string of the molecule is N#Cc1ccc2nc(C(=O)O)c(C#N)c(C#N)c2c1C#N. The topological polar surface area (TPSA) is 145 Å². The van der Waals surface area contributed by atoms with Crippen molar-refractivity contribution in [3.05, 3.63) is 40.1 Å². The van der Waals surface area contributed by atoms with E-state index in [2.05, 4.69) is 4.98 Å². The summed E-state index contributed by atoms with van der Waals surface area (Å²) < 4.78 is 0. The van der Waals surface area contributed by atoms with Gasteiger partial charge in [-0.3, -0.25) is 0 Å². The number of carboxylic acids is 1. The van der Waals surface area contributed by atoms with Crippen molar-refractivity contribution < 1.29 is 9.90 Å². The number of nitrogens with zero attached hydrogens (tertiary/aromatic N) is 5. The lowest BCUT2D eigenvalue weighted by Crippen LogP contribution is -2.08. The minimum Gasteiger partial charge on any atom is -0.476 e. The number of hydrogen-bond acceptors (Lipinski definition) is 6. The second kappa shape index (κ2) is 4.97. The van der Waals surface area contributed by atoms with Crippen LogP contribution in [0.3, 0.4) is 0 Å². The molecule has 0 spiro atoms. The Balaban J connectivity index is 3.17. The zero-order chi connectivity index (χ0) is 15.6. The van der Waals surface area contributed by atoms with Gasteiger partial charge in [0.1, 0.15) is 29.8 Å². The number of aromatic carboxylic acids is 1. The molecule has 0 bridgehead atoms. The third-order valence-electron chi connectivity index (χ3n) is 2.81. The van der Waals surface area contributed by atoms with Gasteiger partial charge in [-0.1, -0.05) is 0 Å². The van der Waals surface area contributed by atoms with Gasteiger partial charge in [0, 0.05) is 5.39 Å². The Bertz CT molecular complexity index is 965. The minimum atomic E-state index is -1.45. The van der Waals surface area contributed by atoms with Crippen LogP contribution in [0.2, 0.25) is 0 Å². The summed E-state index contributed by atoms with van der Waals surface area (Å²) in [5, 5.41) is 45.5. The Morgan fingerprint density at radius 1 is 0.952 bits per heavy atom. The average Bonchev–Trinajstić information content (AvgIpc) is 2.51. The molecule has 2 aromatic rings. The Kier molecular flexibility index (Phi) is 3.20. The van der Waals surface area contributed by atoms with Crippen LogP contribution in [0, 0.1) is 45.3 Å². The lowest BCUT2D eigenvalue weighted by molar-refractivity contribution is 0.0690. The van der Waals surface area contributed by atoms with E-state index in [9.17, 15) is 15.3 Å². The lowest BCUT2D eigenvalue weighted by Gasteiger charge is -2.07. The van der Waals surface area contributed by atoms with Crippen LogP contribution in [0.25, 0.3) is 10.9 Å². The molecule has 96 valence electrons. The van der Waals surface area contributed by atoms with Crippen LogP contribution in [-0.2, 0) is 0 Å². The number of nitriles is 4. The average molecular weight is 273 g/mol. The summed E-state index contributed by atoms with van der Waals surface area (Å²) in [6.45, 7) is 0. The number of hydrogen-bond donors (Lipinski definition) is 1. The lowest BCUT2D eigenvalue weighted by atomic mass is 9.95. The maximum atomic E-state index is 11.1. The number of rotatable bonds is 1. The highest BCUT2D eigenvalue weighted by Crippen LogP contribution is 2.27. The van der Waals surface area contributed by atoms with E-state index in [1.807, 2.05) is 0 Å². The van der Waals surface area contributed by atoms with E-state index in [0.29, 0.717) is 0 Å². The van der Waals surface area contributed by atoms with Crippen LogP contribution in [0.15, 0.2) is 12.1 Å². The molecule has 1 heterocycles. The first kappa shape index (κ1) is 13.5. The number of carboxylic acid groups (broad SMARTS) is 1. The maximum absolute atomic E-state index is 11.1. The first-order valence-electron chi connectivity index (χ1n) is 5.43. The summed E-state index contributed by atoms with van der Waals surface area (Å²) >= 11 is 0. The van der Waals surface area contributed by atoms with Crippen molar-refractivity contribution in [2.75, 3.05) is 0 Å². The minimum absolute atomic E-state index is 0.0144. The van der Waals surface area contributed by atoms with Gasteiger partial charge in [0.15, 0.2) is 5.69 Å². The highest BCUT2D eigenvalue weighted by Gasteiger charge is 2.22. The van der Waals surface area contributed by atoms with E-state index in [-0.39, 0.29) is 27.6 Å². The fraction of sp³-hybridized carbons (Fsp3) is 0. The van der Waals surface area contributed by atoms with Gasteiger partial charge in [-0.2, -0.15) is 21.0 Å². The predicted molar refractivity (Wildman–Crippen MR) is 67.6 cm³/mol. The fourth-order valence-electron chi connectivity index (χ4n) is 1.94. The van der Waals surface area contributed by atoms with Crippen molar-refractivity contribution in [3.63, 3.8) is 0 Å². The van der Waals surface area contributed by atoms with Crippen LogP contribution in [0.1, 0.15) is 32.7 Å². The van der Waals surface area contributed by atoms with E-state index in [1.165, 1.54) is 12.1 Å². The molecule has 0 saturated heterocycles. The molecule has 0 atom stereocenters. The number of benzene rings is 1. The largest absolute Gasteiger partial charge is 0.476 e. The molecule has 1 aromatic carbocycles. The normalized spacial score (nSPS) is 9.14. The van der Waals surface area contributed by atoms with Crippen LogP contribution in [0.5, 0.6) is 0 Å². The van der Waals surface area contributed by atoms with E-state index in [0.717, 1.165) is 0 Å². The molecule has 21 heavy (non-hydrogen) atoms. The fourth-order valence-corrected chi connectivity index (χ4v) is 1.94. The Hall–Kier alpha value is -3.94. The van der Waals surface area contributed by atoms with Gasteiger partial charge in [0.25, 0.3) is 0 Å². The second-order valence-electron chi connectivity index (χ2n) is 3.85. The van der Waals surface area contributed by atoms with Crippen LogP contribution >= 0.6 is 0 Å². The van der Waals surface area contributed by atoms with Gasteiger partial charge in [0.2, 0.25) is 0 Å². The van der Waals surface area contributed by atoms with Gasteiger partial charge in [-0.15, -0.1) is 0 Å². The monoisotopic (exact) mass is 273 g/mol. The Morgan fingerprint density at radius 2 is 1.57 bits per heavy atom. The zero-order valence-corrected chi connectivity index (χ0v) is 10.2. The maximum Gasteiger partial charge on any atom is 0.355 e. The highest BCUT2D eigenvalue weighted by atomic mass is 16.4. The summed E-state index contributed by atoms with van der Waals surface area (Å²) in [5.41, 5.74) is -1.27. The van der Waals surface area contributed by atoms with Crippen LogP contribution in [0.4, 0.5) is 0 Å². The van der Waals surface area contributed by atoms with Crippen molar-refractivity contribution >= 4 is 16.9 Å². The van der Waals surface area contributed by atoms with Crippen molar-refractivity contribution in [2.45, 2.75) is 0 Å². The van der Waals surface area contributed by atoms with E-state index < -0.39 is 17.2 Å². The van der Waals surface area contributed by atoms with E-state index in [4.69, 9.17) is 15.6 Å². The molecular weight excluding hydrogens is 270 g/mol. The van der Waals surface area contributed by atoms with E-state index in [1.54, 1.807) is 24.3 Å². The molecular formula is C14H3N5O2. The number of pyridine rings is 1. The molecule has 2 rings (SSSR count). The van der Waals surface area contributed by atoms with E-state index >= 15 is 0 Å². The van der Waals surface area contributed by atoms with Gasteiger partial charge >= 0.3 is 5.97 Å². The predicted octanol–water partition coefficient (Wildman–Crippen LogP) is 1.42. The van der Waals surface area contributed by atoms with Crippen molar-refractivity contribution in [1.82, 2.24) is 4.98 Å². The van der Waals surface area contributed by atoms with Gasteiger partial charge in [-0.05, 0) is 12.1 Å². The summed E-state index contributed by atoms with van der Waals surface area (Å²) in [4.78, 5) is 14.9. The van der Waals surface area contributed by atoms with Crippen molar-refractivity contribution in [3.8, 4) is 24.3 Å².